The van der Waals surface area contributed by atoms with Gasteiger partial charge in [-0.3, -0.25) is 4.90 Å². The summed E-state index contributed by atoms with van der Waals surface area (Å²) in [6.45, 7) is 5.97. The molecule has 0 bridgehead atoms. The minimum atomic E-state index is 0.0646. The lowest BCUT2D eigenvalue weighted by Gasteiger charge is -2.45. The predicted molar refractivity (Wildman–Crippen MR) is 89.9 cm³/mol. The van der Waals surface area contributed by atoms with Crippen molar-refractivity contribution in [3.63, 3.8) is 0 Å². The van der Waals surface area contributed by atoms with Crippen LogP contribution < -0.4 is 5.32 Å². The molecule has 6 heteroatoms. The second-order valence-corrected chi connectivity index (χ2v) is 7.60. The standard InChI is InChI=1S/C18H29N3O3/c1-2-4-15(5-3-1)19-18(13-23-14-18)11-16-10-17(24-20-16)12-21-6-8-22-9-7-21/h10,15,19H,1-9,11-14H2. The molecule has 0 aromatic carbocycles. The minimum absolute atomic E-state index is 0.0646. The Hall–Kier alpha value is -0.950. The average Bonchev–Trinajstić information content (AvgIpc) is 3.01. The molecule has 134 valence electrons. The van der Waals surface area contributed by atoms with Crippen molar-refractivity contribution < 1.29 is 14.0 Å². The molecule has 0 unspecified atom stereocenters. The van der Waals surface area contributed by atoms with Crippen LogP contribution in [0.2, 0.25) is 0 Å². The third kappa shape index (κ3) is 3.99. The highest BCUT2D eigenvalue weighted by Crippen LogP contribution is 2.27. The summed E-state index contributed by atoms with van der Waals surface area (Å²) < 4.78 is 16.5. The number of rotatable bonds is 6. The number of morpholine rings is 1. The molecule has 6 nitrogen and oxygen atoms in total. The van der Waals surface area contributed by atoms with Crippen LogP contribution in [0.1, 0.15) is 43.6 Å². The van der Waals surface area contributed by atoms with Crippen LogP contribution in [0.25, 0.3) is 0 Å². The number of aromatic nitrogens is 1. The third-order valence-corrected chi connectivity index (χ3v) is 5.48. The van der Waals surface area contributed by atoms with E-state index in [0.717, 1.165) is 63.9 Å². The molecule has 1 N–H and O–H groups in total. The first-order valence-electron chi connectivity index (χ1n) is 9.41. The summed E-state index contributed by atoms with van der Waals surface area (Å²) in [6, 6.07) is 2.76. The van der Waals surface area contributed by atoms with Gasteiger partial charge in [0.25, 0.3) is 0 Å². The van der Waals surface area contributed by atoms with Crippen molar-refractivity contribution in [3.8, 4) is 0 Å². The van der Waals surface area contributed by atoms with E-state index in [0.29, 0.717) is 6.04 Å². The fraction of sp³-hybridized carbons (Fsp3) is 0.833. The van der Waals surface area contributed by atoms with Gasteiger partial charge in [0, 0.05) is 31.6 Å². The molecule has 0 atom stereocenters. The molecule has 1 aromatic heterocycles. The Balaban J connectivity index is 1.33. The first-order chi connectivity index (χ1) is 11.8. The van der Waals surface area contributed by atoms with E-state index in [1.807, 2.05) is 0 Å². The lowest BCUT2D eigenvalue weighted by Crippen LogP contribution is -2.64. The molecule has 0 spiro atoms. The van der Waals surface area contributed by atoms with Gasteiger partial charge in [-0.2, -0.15) is 0 Å². The summed E-state index contributed by atoms with van der Waals surface area (Å²) in [4.78, 5) is 2.36. The zero-order valence-electron chi connectivity index (χ0n) is 14.5. The average molecular weight is 335 g/mol. The molecule has 0 radical (unpaired) electrons. The zero-order chi connectivity index (χ0) is 16.2. The summed E-state index contributed by atoms with van der Waals surface area (Å²) in [5, 5.41) is 8.19. The molecular formula is C18H29N3O3. The fourth-order valence-corrected chi connectivity index (χ4v) is 4.10. The molecule has 3 aliphatic rings. The summed E-state index contributed by atoms with van der Waals surface area (Å²) >= 11 is 0. The quantitative estimate of drug-likeness (QED) is 0.854. The SMILES string of the molecule is c1c(CC2(NC3CCCCC3)COC2)noc1CN1CCOCC1. The Kier molecular flexibility index (Phi) is 5.17. The van der Waals surface area contributed by atoms with Gasteiger partial charge in [0.2, 0.25) is 0 Å². The van der Waals surface area contributed by atoms with Crippen LogP contribution in [0, 0.1) is 0 Å². The Morgan fingerprint density at radius 2 is 1.92 bits per heavy atom. The summed E-state index contributed by atoms with van der Waals surface area (Å²) in [6.07, 6.45) is 7.57. The van der Waals surface area contributed by atoms with Crippen molar-refractivity contribution in [1.82, 2.24) is 15.4 Å². The highest BCUT2D eigenvalue weighted by atomic mass is 16.5. The van der Waals surface area contributed by atoms with Gasteiger partial charge < -0.3 is 19.3 Å². The molecule has 0 amide bonds. The molecule has 24 heavy (non-hydrogen) atoms. The van der Waals surface area contributed by atoms with Gasteiger partial charge in [-0.1, -0.05) is 24.4 Å². The molecule has 2 saturated heterocycles. The van der Waals surface area contributed by atoms with Crippen molar-refractivity contribution in [2.75, 3.05) is 39.5 Å². The van der Waals surface area contributed by atoms with E-state index in [-0.39, 0.29) is 5.54 Å². The lowest BCUT2D eigenvalue weighted by atomic mass is 9.87. The number of ether oxygens (including phenoxy) is 2. The summed E-state index contributed by atoms with van der Waals surface area (Å²) in [5.41, 5.74) is 1.11. The van der Waals surface area contributed by atoms with Crippen LogP contribution >= 0.6 is 0 Å². The number of hydrogen-bond acceptors (Lipinski definition) is 6. The molecule has 2 aliphatic heterocycles. The van der Waals surface area contributed by atoms with Gasteiger partial charge in [0.1, 0.15) is 0 Å². The van der Waals surface area contributed by atoms with E-state index < -0.39 is 0 Å². The van der Waals surface area contributed by atoms with Crippen LogP contribution in [0.3, 0.4) is 0 Å². The van der Waals surface area contributed by atoms with Crippen LogP contribution in [0.4, 0.5) is 0 Å². The first kappa shape index (κ1) is 16.5. The minimum Gasteiger partial charge on any atom is -0.379 e. The summed E-state index contributed by atoms with van der Waals surface area (Å²) in [5.74, 6) is 0.958. The number of hydrogen-bond donors (Lipinski definition) is 1. The zero-order valence-corrected chi connectivity index (χ0v) is 14.5. The first-order valence-corrected chi connectivity index (χ1v) is 9.41. The maximum Gasteiger partial charge on any atom is 0.150 e. The largest absolute Gasteiger partial charge is 0.379 e. The van der Waals surface area contributed by atoms with E-state index in [1.54, 1.807) is 0 Å². The summed E-state index contributed by atoms with van der Waals surface area (Å²) in [7, 11) is 0. The van der Waals surface area contributed by atoms with Crippen molar-refractivity contribution >= 4 is 0 Å². The van der Waals surface area contributed by atoms with Crippen LogP contribution in [-0.2, 0) is 22.4 Å². The molecule has 1 saturated carbocycles. The molecular weight excluding hydrogens is 306 g/mol. The Morgan fingerprint density at radius 3 is 2.62 bits per heavy atom. The van der Waals surface area contributed by atoms with Crippen molar-refractivity contribution in [3.05, 3.63) is 17.5 Å². The number of nitrogens with one attached hydrogen (secondary N) is 1. The fourth-order valence-electron chi connectivity index (χ4n) is 4.10. The molecule has 1 aliphatic carbocycles. The Morgan fingerprint density at radius 1 is 1.12 bits per heavy atom. The van der Waals surface area contributed by atoms with Gasteiger partial charge in [0.05, 0.1) is 44.2 Å². The Bertz CT molecular complexity index is 517. The van der Waals surface area contributed by atoms with Crippen LogP contribution in [0.15, 0.2) is 10.6 Å². The third-order valence-electron chi connectivity index (χ3n) is 5.48. The van der Waals surface area contributed by atoms with Crippen molar-refractivity contribution in [2.24, 2.45) is 0 Å². The Labute approximate surface area is 143 Å². The highest BCUT2D eigenvalue weighted by Gasteiger charge is 2.41. The maximum absolute atomic E-state index is 5.57. The van der Waals surface area contributed by atoms with E-state index in [9.17, 15) is 0 Å². The van der Waals surface area contributed by atoms with Gasteiger partial charge >= 0.3 is 0 Å². The number of nitrogens with zero attached hydrogens (tertiary/aromatic N) is 2. The van der Waals surface area contributed by atoms with Gasteiger partial charge in [-0.25, -0.2) is 0 Å². The second-order valence-electron chi connectivity index (χ2n) is 7.60. The van der Waals surface area contributed by atoms with Crippen LogP contribution in [0.5, 0.6) is 0 Å². The molecule has 3 heterocycles. The normalized spacial score (nSPS) is 25.5. The van der Waals surface area contributed by atoms with Gasteiger partial charge in [0.15, 0.2) is 5.76 Å². The smallest absolute Gasteiger partial charge is 0.150 e. The van der Waals surface area contributed by atoms with Crippen molar-refractivity contribution in [2.45, 2.75) is 56.7 Å². The van der Waals surface area contributed by atoms with Crippen LogP contribution in [-0.4, -0.2) is 61.2 Å². The van der Waals surface area contributed by atoms with Gasteiger partial charge in [-0.05, 0) is 12.8 Å². The maximum atomic E-state index is 5.57. The topological polar surface area (TPSA) is 59.8 Å². The highest BCUT2D eigenvalue weighted by molar-refractivity contribution is 5.13. The molecule has 3 fully saturated rings. The van der Waals surface area contributed by atoms with E-state index in [1.165, 1.54) is 32.1 Å². The van der Waals surface area contributed by atoms with E-state index >= 15 is 0 Å². The van der Waals surface area contributed by atoms with E-state index in [4.69, 9.17) is 14.0 Å². The van der Waals surface area contributed by atoms with Crippen molar-refractivity contribution in [1.29, 1.82) is 0 Å². The van der Waals surface area contributed by atoms with E-state index in [2.05, 4.69) is 21.4 Å². The molecule has 1 aromatic rings. The second kappa shape index (κ2) is 7.52. The van der Waals surface area contributed by atoms with Gasteiger partial charge in [-0.15, -0.1) is 0 Å². The molecule has 4 rings (SSSR count). The monoisotopic (exact) mass is 335 g/mol. The predicted octanol–water partition coefficient (Wildman–Crippen LogP) is 1.74. The lowest BCUT2D eigenvalue weighted by molar-refractivity contribution is -0.0815.